The molecule has 11 nitrogen and oxygen atoms in total. The third kappa shape index (κ3) is 3.43. The number of carbonyl (C=O) groups is 1. The number of hydrogen-bond acceptors (Lipinski definition) is 9. The van der Waals surface area contributed by atoms with Crippen molar-refractivity contribution in [3.05, 3.63) is 28.2 Å². The monoisotopic (exact) mass is 435 g/mol. The first-order valence-electron chi connectivity index (χ1n) is 7.85. The van der Waals surface area contributed by atoms with Gasteiger partial charge in [-0.2, -0.15) is 0 Å². The second-order valence-electron chi connectivity index (χ2n) is 6.01. The molecule has 0 amide bonds. The number of benzene rings is 1. The average molecular weight is 436 g/mol. The Kier molecular flexibility index (Phi) is 5.57. The van der Waals surface area contributed by atoms with Gasteiger partial charge in [0.1, 0.15) is 18.3 Å². The molecule has 28 heavy (non-hydrogen) atoms. The molecule has 8 N–H and O–H groups in total. The molecule has 1 fully saturated rings. The summed E-state index contributed by atoms with van der Waals surface area (Å²) in [6, 6.07) is 4.70. The van der Waals surface area contributed by atoms with Crippen molar-refractivity contribution in [1.29, 1.82) is 0 Å². The zero-order valence-electron chi connectivity index (χ0n) is 14.0. The lowest BCUT2D eigenvalue weighted by atomic mass is 9.98. The number of nitrogens with zero attached hydrogens (tertiary/aromatic N) is 3. The fourth-order valence-electron chi connectivity index (χ4n) is 2.77. The first-order valence-corrected chi connectivity index (χ1v) is 8.60. The van der Waals surface area contributed by atoms with Crippen molar-refractivity contribution in [1.82, 2.24) is 10.1 Å². The van der Waals surface area contributed by atoms with Gasteiger partial charge in [0.25, 0.3) is 0 Å². The van der Waals surface area contributed by atoms with Gasteiger partial charge in [0.15, 0.2) is 11.8 Å². The molecule has 0 spiro atoms. The number of nitrogens with two attached hydrogens (primary N) is 2. The van der Waals surface area contributed by atoms with E-state index in [0.29, 0.717) is 5.56 Å². The molecule has 0 saturated carbocycles. The summed E-state index contributed by atoms with van der Waals surface area (Å²) in [6.45, 7) is 0. The third-order valence-corrected chi connectivity index (χ3v) is 5.02. The smallest absolute Gasteiger partial charge is 0.413 e. The fourth-order valence-corrected chi connectivity index (χ4v) is 3.16. The van der Waals surface area contributed by atoms with Crippen LogP contribution in [0.2, 0.25) is 10.0 Å². The summed E-state index contributed by atoms with van der Waals surface area (Å²) in [5.74, 6) is -2.00. The van der Waals surface area contributed by atoms with Crippen molar-refractivity contribution in [2.75, 3.05) is 11.5 Å². The van der Waals surface area contributed by atoms with Crippen LogP contribution in [0.5, 0.6) is 0 Å². The van der Waals surface area contributed by atoms with Crippen molar-refractivity contribution in [2.45, 2.75) is 30.6 Å². The maximum atomic E-state index is 11.3. The predicted octanol–water partition coefficient (Wildman–Crippen LogP) is -1.03. The van der Waals surface area contributed by atoms with E-state index in [1.807, 2.05) is 0 Å². The molecule has 1 aliphatic rings. The number of carboxylic acid groups (broad SMARTS) is 1. The molecule has 1 aromatic heterocycles. The Labute approximate surface area is 167 Å². The highest BCUT2D eigenvalue weighted by atomic mass is 35.5. The van der Waals surface area contributed by atoms with E-state index in [1.165, 1.54) is 0 Å². The lowest BCUT2D eigenvalue weighted by Gasteiger charge is -2.37. The van der Waals surface area contributed by atoms with Crippen molar-refractivity contribution in [2.24, 2.45) is 0 Å². The van der Waals surface area contributed by atoms with Gasteiger partial charge in [-0.05, 0) is 11.1 Å². The SMILES string of the molecule is N[13c]1n[13c](N)[n+]([C@H]2O[C@@H](C(=O)O)[C@H](O)[C@@H](O)[C@@H]2O)n[13c]1-c1cccc(Cl)c1Cl. The Morgan fingerprint density at radius 1 is 1.14 bits per heavy atom. The van der Waals surface area contributed by atoms with Crippen LogP contribution >= 0.6 is 23.2 Å². The summed E-state index contributed by atoms with van der Waals surface area (Å²) >= 11 is 12.2. The molecule has 0 unspecified atom stereocenters. The number of halogens is 2. The van der Waals surface area contributed by atoms with Gasteiger partial charge in [0.2, 0.25) is 12.0 Å². The fraction of sp³-hybridized carbons (Fsp3) is 0.333. The molecule has 13 heteroatoms. The van der Waals surface area contributed by atoms with Crippen LogP contribution in [0.3, 0.4) is 0 Å². The maximum Gasteiger partial charge on any atom is 0.413 e. The van der Waals surface area contributed by atoms with Gasteiger partial charge in [-0.1, -0.05) is 35.3 Å². The van der Waals surface area contributed by atoms with Crippen LogP contribution in [0, 0.1) is 0 Å². The normalized spacial score (nSPS) is 27.5. The summed E-state index contributed by atoms with van der Waals surface area (Å²) in [5.41, 5.74) is 12.0. The number of aliphatic hydroxyl groups excluding tert-OH is 3. The molecular formula is C15H16Cl2N5O6+. The van der Waals surface area contributed by atoms with Gasteiger partial charge >= 0.3 is 11.9 Å². The van der Waals surface area contributed by atoms with Crippen molar-refractivity contribution < 1.29 is 34.6 Å². The van der Waals surface area contributed by atoms with E-state index in [4.69, 9.17) is 39.4 Å². The van der Waals surface area contributed by atoms with Gasteiger partial charge in [-0.15, -0.1) is 9.78 Å². The number of aromatic nitrogens is 3. The molecular weight excluding hydrogens is 420 g/mol. The molecule has 1 saturated heterocycles. The first-order chi connectivity index (χ1) is 13.1. The summed E-state index contributed by atoms with van der Waals surface area (Å²) in [6.07, 6.45) is -8.89. The van der Waals surface area contributed by atoms with E-state index in [9.17, 15) is 25.2 Å². The van der Waals surface area contributed by atoms with Gasteiger partial charge in [0.05, 0.1) is 10.0 Å². The molecule has 3 rings (SSSR count). The van der Waals surface area contributed by atoms with E-state index >= 15 is 0 Å². The lowest BCUT2D eigenvalue weighted by Crippen LogP contribution is -2.65. The van der Waals surface area contributed by atoms with Crippen LogP contribution in [0.4, 0.5) is 11.8 Å². The van der Waals surface area contributed by atoms with E-state index < -0.39 is 36.6 Å². The van der Waals surface area contributed by atoms with Crippen LogP contribution in [0.15, 0.2) is 18.2 Å². The highest BCUT2D eigenvalue weighted by Crippen LogP contribution is 2.34. The maximum absolute atomic E-state index is 11.3. The molecule has 0 radical (unpaired) electrons. The summed E-state index contributed by atoms with van der Waals surface area (Å²) in [7, 11) is 0. The van der Waals surface area contributed by atoms with Gasteiger partial charge < -0.3 is 30.9 Å². The van der Waals surface area contributed by atoms with Crippen molar-refractivity contribution >= 4 is 40.9 Å². The Bertz CT molecular complexity index is 932. The third-order valence-electron chi connectivity index (χ3n) is 4.20. The standard InChI is InChI=1S/C15H15Cl2N5O6/c16-5-3-1-2-4(6(5)17)7-12(18)20-15(19)22(21-7)13-10(25)8(23)9(24)11(28-13)14(26)27/h1-3,8-11,13,23-25H,(H4,18,19,20,26,27)/p+1/t8-,9-,10+,11-,13+/m1/s1/i7+1,12+1,15+1. The molecule has 1 aromatic carbocycles. The zero-order valence-corrected chi connectivity index (χ0v) is 15.5. The second-order valence-corrected chi connectivity index (χ2v) is 6.79. The number of anilines is 2. The number of aliphatic hydroxyl groups is 3. The van der Waals surface area contributed by atoms with Crippen molar-refractivity contribution in [3.63, 3.8) is 0 Å². The highest BCUT2D eigenvalue weighted by Gasteiger charge is 2.50. The van der Waals surface area contributed by atoms with Crippen LogP contribution in [-0.4, -0.2) is 60.9 Å². The van der Waals surface area contributed by atoms with Crippen LogP contribution in [0.1, 0.15) is 6.23 Å². The van der Waals surface area contributed by atoms with Gasteiger partial charge in [0, 0.05) is 5.56 Å². The molecule has 2 aromatic rings. The number of aliphatic carboxylic acids is 1. The molecule has 5 atom stereocenters. The largest absolute Gasteiger partial charge is 0.479 e. The number of nitrogen functional groups attached to an aromatic ring is 2. The topological polar surface area (TPSA) is 189 Å². The van der Waals surface area contributed by atoms with Crippen LogP contribution in [-0.2, 0) is 9.53 Å². The first kappa shape index (κ1) is 20.5. The van der Waals surface area contributed by atoms with E-state index in [2.05, 4.69) is 10.1 Å². The molecule has 0 aliphatic carbocycles. The van der Waals surface area contributed by atoms with E-state index in [-0.39, 0.29) is 27.5 Å². The molecule has 0 bridgehead atoms. The lowest BCUT2D eigenvalue weighted by molar-refractivity contribution is -0.813. The summed E-state index contributed by atoms with van der Waals surface area (Å²) in [5, 5.41) is 43.8. The Hall–Kier alpha value is -2.28. The van der Waals surface area contributed by atoms with Gasteiger partial charge in [-0.3, -0.25) is 5.73 Å². The predicted molar refractivity (Wildman–Crippen MR) is 96.1 cm³/mol. The minimum atomic E-state index is -1.87. The summed E-state index contributed by atoms with van der Waals surface area (Å²) < 4.78 is 6.06. The quantitative estimate of drug-likeness (QED) is 0.325. The number of ether oxygens (including phenoxy) is 1. The van der Waals surface area contributed by atoms with Crippen molar-refractivity contribution in [3.8, 4) is 11.3 Å². The number of carboxylic acids is 1. The zero-order chi connectivity index (χ0) is 20.7. The van der Waals surface area contributed by atoms with Crippen LogP contribution in [0.25, 0.3) is 11.3 Å². The second kappa shape index (κ2) is 7.62. The number of rotatable bonds is 3. The summed E-state index contributed by atoms with van der Waals surface area (Å²) in [4.78, 5) is 15.2. The van der Waals surface area contributed by atoms with E-state index in [0.717, 1.165) is 4.68 Å². The number of hydrogen-bond donors (Lipinski definition) is 6. The Morgan fingerprint density at radius 3 is 2.46 bits per heavy atom. The minimum Gasteiger partial charge on any atom is -0.479 e. The molecule has 2 heterocycles. The Balaban J connectivity index is 2.12. The minimum absolute atomic E-state index is 0.0324. The van der Waals surface area contributed by atoms with Gasteiger partial charge in [-0.25, -0.2) is 4.79 Å². The molecule has 150 valence electrons. The Morgan fingerprint density at radius 2 is 1.82 bits per heavy atom. The molecule has 1 aliphatic heterocycles. The average Bonchev–Trinajstić information content (AvgIpc) is 2.63. The van der Waals surface area contributed by atoms with Crippen LogP contribution < -0.4 is 16.1 Å². The van der Waals surface area contributed by atoms with E-state index in [1.54, 1.807) is 18.2 Å². The highest BCUT2D eigenvalue weighted by molar-refractivity contribution is 6.43.